The van der Waals surface area contributed by atoms with Gasteiger partial charge in [-0.1, -0.05) is 30.3 Å². The number of rotatable bonds is 7. The molecule has 36 heavy (non-hydrogen) atoms. The average Bonchev–Trinajstić information content (AvgIpc) is 2.91. The summed E-state index contributed by atoms with van der Waals surface area (Å²) >= 11 is 2.12. The number of hydrogen-bond acceptors (Lipinski definition) is 5. The van der Waals surface area contributed by atoms with Gasteiger partial charge in [-0.3, -0.25) is 4.79 Å². The fourth-order valence-electron chi connectivity index (χ4n) is 4.03. The summed E-state index contributed by atoms with van der Waals surface area (Å²) in [6.45, 7) is 2.67. The van der Waals surface area contributed by atoms with Crippen molar-refractivity contribution in [1.29, 1.82) is 5.26 Å². The first-order valence-electron chi connectivity index (χ1n) is 11.4. The minimum Gasteiger partial charge on any atom is -0.493 e. The van der Waals surface area contributed by atoms with Gasteiger partial charge in [0, 0.05) is 31.9 Å². The predicted molar refractivity (Wildman–Crippen MR) is 145 cm³/mol. The van der Waals surface area contributed by atoms with Crippen LogP contribution in [0.3, 0.4) is 0 Å². The van der Waals surface area contributed by atoms with Gasteiger partial charge in [-0.05, 0) is 76.2 Å². The number of methoxy groups -OCH3 is 1. The second kappa shape index (κ2) is 11.9. The molecule has 3 aromatic rings. The summed E-state index contributed by atoms with van der Waals surface area (Å²) in [5.74, 6) is 0.367. The zero-order valence-electron chi connectivity index (χ0n) is 19.8. The van der Waals surface area contributed by atoms with Gasteiger partial charge >= 0.3 is 0 Å². The summed E-state index contributed by atoms with van der Waals surface area (Å²) in [7, 11) is 1.52. The molecular formula is C28H25FIN3O3. The van der Waals surface area contributed by atoms with E-state index in [2.05, 4.69) is 45.7 Å². The highest BCUT2D eigenvalue weighted by Crippen LogP contribution is 2.35. The lowest BCUT2D eigenvalue weighted by Crippen LogP contribution is -2.49. The normalized spacial score (nSPS) is 13.8. The molecule has 4 rings (SSSR count). The van der Waals surface area contributed by atoms with Crippen LogP contribution in [0.15, 0.2) is 72.3 Å². The van der Waals surface area contributed by atoms with E-state index in [9.17, 15) is 14.4 Å². The first kappa shape index (κ1) is 25.5. The smallest absolute Gasteiger partial charge is 0.264 e. The van der Waals surface area contributed by atoms with Crippen LogP contribution in [-0.4, -0.2) is 44.1 Å². The van der Waals surface area contributed by atoms with Crippen molar-refractivity contribution < 1.29 is 18.7 Å². The minimum atomic E-state index is -0.326. The lowest BCUT2D eigenvalue weighted by atomic mass is 10.1. The minimum absolute atomic E-state index is 0.0643. The third-order valence-corrected chi connectivity index (χ3v) is 6.68. The number of para-hydroxylation sites is 1. The Bertz CT molecular complexity index is 1300. The number of benzene rings is 3. The van der Waals surface area contributed by atoms with E-state index in [1.807, 2.05) is 24.3 Å². The molecule has 8 heteroatoms. The molecule has 1 aliphatic heterocycles. The van der Waals surface area contributed by atoms with Gasteiger partial charge in [0.15, 0.2) is 11.5 Å². The van der Waals surface area contributed by atoms with Crippen LogP contribution in [0.25, 0.3) is 6.08 Å². The number of carbonyl (C=O) groups is 1. The molecule has 1 heterocycles. The number of nitriles is 1. The predicted octanol–water partition coefficient (Wildman–Crippen LogP) is 5.27. The number of halogens is 2. The van der Waals surface area contributed by atoms with Crippen molar-refractivity contribution in [2.24, 2.45) is 0 Å². The van der Waals surface area contributed by atoms with Gasteiger partial charge < -0.3 is 19.3 Å². The van der Waals surface area contributed by atoms with Gasteiger partial charge in [0.2, 0.25) is 0 Å². The molecule has 184 valence electrons. The SMILES string of the molecule is COc1cc(/C=C(/C#N)C(=O)N2CCN(c3ccccc3)CC2)cc(I)c1OCc1cccc(F)c1. The molecule has 1 aliphatic rings. The van der Waals surface area contributed by atoms with Crippen LogP contribution in [0.1, 0.15) is 11.1 Å². The lowest BCUT2D eigenvalue weighted by molar-refractivity contribution is -0.126. The molecule has 0 radical (unpaired) electrons. The summed E-state index contributed by atoms with van der Waals surface area (Å²) in [4.78, 5) is 17.0. The van der Waals surface area contributed by atoms with Crippen LogP contribution in [0.5, 0.6) is 11.5 Å². The number of amides is 1. The Morgan fingerprint density at radius 3 is 2.50 bits per heavy atom. The van der Waals surface area contributed by atoms with E-state index in [-0.39, 0.29) is 23.9 Å². The third-order valence-electron chi connectivity index (χ3n) is 5.87. The highest BCUT2D eigenvalue weighted by atomic mass is 127. The average molecular weight is 597 g/mol. The van der Waals surface area contributed by atoms with Gasteiger partial charge in [-0.2, -0.15) is 5.26 Å². The molecule has 0 saturated carbocycles. The van der Waals surface area contributed by atoms with Crippen LogP contribution >= 0.6 is 22.6 Å². The molecule has 1 fully saturated rings. The van der Waals surface area contributed by atoms with Crippen LogP contribution in [0.2, 0.25) is 0 Å². The number of carbonyl (C=O) groups excluding carboxylic acids is 1. The van der Waals surface area contributed by atoms with E-state index in [4.69, 9.17) is 9.47 Å². The van der Waals surface area contributed by atoms with Crippen molar-refractivity contribution in [3.8, 4) is 17.6 Å². The Hall–Kier alpha value is -3.58. The Morgan fingerprint density at radius 2 is 1.83 bits per heavy atom. The molecule has 0 aromatic heterocycles. The molecule has 0 atom stereocenters. The Morgan fingerprint density at radius 1 is 1.08 bits per heavy atom. The van der Waals surface area contributed by atoms with Crippen molar-refractivity contribution in [2.75, 3.05) is 38.2 Å². The quantitative estimate of drug-likeness (QED) is 0.211. The van der Waals surface area contributed by atoms with Crippen molar-refractivity contribution in [2.45, 2.75) is 6.61 Å². The highest BCUT2D eigenvalue weighted by molar-refractivity contribution is 14.1. The molecule has 3 aromatic carbocycles. The van der Waals surface area contributed by atoms with Gasteiger partial charge in [0.1, 0.15) is 24.1 Å². The topological polar surface area (TPSA) is 65.8 Å². The maximum Gasteiger partial charge on any atom is 0.264 e. The summed E-state index contributed by atoms with van der Waals surface area (Å²) < 4.78 is 25.6. The fraction of sp³-hybridized carbons (Fsp3) is 0.214. The number of hydrogen-bond donors (Lipinski definition) is 0. The molecule has 0 N–H and O–H groups in total. The van der Waals surface area contributed by atoms with Gasteiger partial charge in [0.25, 0.3) is 5.91 Å². The van der Waals surface area contributed by atoms with Gasteiger partial charge in [0.05, 0.1) is 10.7 Å². The molecule has 0 spiro atoms. The van der Waals surface area contributed by atoms with Crippen molar-refractivity contribution in [3.05, 3.63) is 92.8 Å². The zero-order valence-corrected chi connectivity index (χ0v) is 21.9. The molecule has 6 nitrogen and oxygen atoms in total. The van der Waals surface area contributed by atoms with Crippen LogP contribution in [0, 0.1) is 20.7 Å². The molecule has 1 saturated heterocycles. The van der Waals surface area contributed by atoms with E-state index in [0.717, 1.165) is 9.26 Å². The van der Waals surface area contributed by atoms with E-state index >= 15 is 0 Å². The van der Waals surface area contributed by atoms with E-state index < -0.39 is 0 Å². The second-order valence-corrected chi connectivity index (χ2v) is 9.40. The van der Waals surface area contributed by atoms with Crippen molar-refractivity contribution >= 4 is 40.3 Å². The maximum atomic E-state index is 13.5. The standard InChI is InChI=1S/C28H25FIN3O3/c1-35-26-17-21(16-25(30)27(26)36-19-20-6-5-7-23(29)15-20)14-22(18-31)28(34)33-12-10-32(11-13-33)24-8-3-2-4-9-24/h2-9,14-17H,10-13,19H2,1H3/b22-14-. The maximum absolute atomic E-state index is 13.5. The molecule has 0 aliphatic carbocycles. The van der Waals surface area contributed by atoms with Crippen LogP contribution < -0.4 is 14.4 Å². The monoisotopic (exact) mass is 597 g/mol. The summed E-state index contributed by atoms with van der Waals surface area (Å²) in [5.41, 5.74) is 2.54. The summed E-state index contributed by atoms with van der Waals surface area (Å²) in [5, 5.41) is 9.74. The largest absolute Gasteiger partial charge is 0.493 e. The molecule has 0 unspecified atom stereocenters. The molecule has 0 bridgehead atoms. The molecular weight excluding hydrogens is 572 g/mol. The number of ether oxygens (including phenoxy) is 2. The van der Waals surface area contributed by atoms with Crippen molar-refractivity contribution in [3.63, 3.8) is 0 Å². The van der Waals surface area contributed by atoms with Crippen LogP contribution in [-0.2, 0) is 11.4 Å². The van der Waals surface area contributed by atoms with E-state index in [0.29, 0.717) is 48.8 Å². The summed E-state index contributed by atoms with van der Waals surface area (Å²) in [6.07, 6.45) is 1.58. The van der Waals surface area contributed by atoms with E-state index in [1.165, 1.54) is 19.2 Å². The summed E-state index contributed by atoms with van der Waals surface area (Å²) in [6, 6.07) is 21.9. The van der Waals surface area contributed by atoms with Crippen molar-refractivity contribution in [1.82, 2.24) is 4.90 Å². The Balaban J connectivity index is 1.47. The highest BCUT2D eigenvalue weighted by Gasteiger charge is 2.24. The van der Waals surface area contributed by atoms with Gasteiger partial charge in [-0.25, -0.2) is 4.39 Å². The Kier molecular flexibility index (Phi) is 8.44. The number of piperazine rings is 1. The Labute approximate surface area is 223 Å². The molecule has 1 amide bonds. The second-order valence-electron chi connectivity index (χ2n) is 8.24. The fourth-order valence-corrected chi connectivity index (χ4v) is 4.81. The van der Waals surface area contributed by atoms with Crippen LogP contribution in [0.4, 0.5) is 10.1 Å². The lowest BCUT2D eigenvalue weighted by Gasteiger charge is -2.36. The zero-order chi connectivity index (χ0) is 25.5. The number of anilines is 1. The first-order valence-corrected chi connectivity index (χ1v) is 12.5. The van der Waals surface area contributed by atoms with E-state index in [1.54, 1.807) is 29.2 Å². The first-order chi connectivity index (χ1) is 17.5. The number of nitrogens with zero attached hydrogens (tertiary/aromatic N) is 3. The third kappa shape index (κ3) is 6.15. The van der Waals surface area contributed by atoms with Gasteiger partial charge in [-0.15, -0.1) is 0 Å².